The number of halogens is 1. The number of hydrogen-bond acceptors (Lipinski definition) is 3. The number of carbonyl (C=O) groups is 1. The molecular weight excluding hydrogens is 238 g/mol. The summed E-state index contributed by atoms with van der Waals surface area (Å²) in [5.41, 5.74) is 2.07. The number of nitrogens with zero attached hydrogens (tertiary/aromatic N) is 1. The van der Waals surface area contributed by atoms with Crippen molar-refractivity contribution in [3.05, 3.63) is 40.6 Å². The maximum Gasteiger partial charge on any atom is 0.155 e. The van der Waals surface area contributed by atoms with Crippen LogP contribution in [0.4, 0.5) is 5.69 Å². The van der Waals surface area contributed by atoms with Gasteiger partial charge in [-0.25, -0.2) is 0 Å². The van der Waals surface area contributed by atoms with E-state index >= 15 is 0 Å². The van der Waals surface area contributed by atoms with Gasteiger partial charge in [0.05, 0.1) is 23.2 Å². The van der Waals surface area contributed by atoms with E-state index in [1.54, 1.807) is 6.07 Å². The Kier molecular flexibility index (Phi) is 2.79. The summed E-state index contributed by atoms with van der Waals surface area (Å²) in [7, 11) is 0. The van der Waals surface area contributed by atoms with E-state index in [9.17, 15) is 4.79 Å². The van der Waals surface area contributed by atoms with Gasteiger partial charge in [0.25, 0.3) is 0 Å². The molecule has 17 heavy (non-hydrogen) atoms. The molecule has 0 saturated heterocycles. The molecule has 0 amide bonds. The van der Waals surface area contributed by atoms with Gasteiger partial charge in [0.1, 0.15) is 0 Å². The standard InChI is InChI=1S/C13H12ClNO2/c1-13(2)10-5-9(14)3-4-11(10)15-12(13)8(6-16)7-17/h3-7,16H,1-2H3/b8-6-. The molecule has 0 radical (unpaired) electrons. The molecule has 0 bridgehead atoms. The highest BCUT2D eigenvalue weighted by molar-refractivity contribution is 6.31. The van der Waals surface area contributed by atoms with Crippen molar-refractivity contribution in [2.24, 2.45) is 4.99 Å². The normalized spacial score (nSPS) is 17.6. The number of aliphatic hydroxyl groups is 1. The van der Waals surface area contributed by atoms with Crippen LogP contribution >= 0.6 is 11.6 Å². The Morgan fingerprint density at radius 1 is 1.47 bits per heavy atom. The van der Waals surface area contributed by atoms with Crippen LogP contribution in [0.2, 0.25) is 5.02 Å². The van der Waals surface area contributed by atoms with Gasteiger partial charge in [-0.3, -0.25) is 9.79 Å². The van der Waals surface area contributed by atoms with E-state index in [2.05, 4.69) is 4.99 Å². The molecule has 2 rings (SSSR count). The van der Waals surface area contributed by atoms with Gasteiger partial charge >= 0.3 is 0 Å². The van der Waals surface area contributed by atoms with Crippen molar-refractivity contribution in [2.75, 3.05) is 0 Å². The highest BCUT2D eigenvalue weighted by Gasteiger charge is 2.36. The topological polar surface area (TPSA) is 49.7 Å². The highest BCUT2D eigenvalue weighted by atomic mass is 35.5. The van der Waals surface area contributed by atoms with Crippen molar-refractivity contribution in [3.63, 3.8) is 0 Å². The summed E-state index contributed by atoms with van der Waals surface area (Å²) in [6, 6.07) is 5.41. The SMILES string of the molecule is CC1(C)C(/C(C=O)=C\O)=Nc2ccc(Cl)cc21. The molecule has 1 aromatic carbocycles. The van der Waals surface area contributed by atoms with Crippen molar-refractivity contribution in [3.8, 4) is 0 Å². The fourth-order valence-electron chi connectivity index (χ4n) is 2.07. The molecular formula is C13H12ClNO2. The lowest BCUT2D eigenvalue weighted by atomic mass is 9.79. The zero-order valence-corrected chi connectivity index (χ0v) is 10.3. The maximum absolute atomic E-state index is 10.9. The fraction of sp³-hybridized carbons (Fsp3) is 0.231. The molecule has 0 aliphatic carbocycles. The van der Waals surface area contributed by atoms with E-state index in [0.29, 0.717) is 17.0 Å². The van der Waals surface area contributed by atoms with Crippen LogP contribution in [-0.4, -0.2) is 17.1 Å². The Hall–Kier alpha value is -1.61. The quantitative estimate of drug-likeness (QED) is 0.496. The van der Waals surface area contributed by atoms with E-state index in [1.165, 1.54) is 0 Å². The molecule has 1 heterocycles. The first-order valence-electron chi connectivity index (χ1n) is 5.20. The van der Waals surface area contributed by atoms with Crippen molar-refractivity contribution < 1.29 is 9.90 Å². The molecule has 1 aliphatic rings. The smallest absolute Gasteiger partial charge is 0.155 e. The largest absolute Gasteiger partial charge is 0.515 e. The van der Waals surface area contributed by atoms with Crippen molar-refractivity contribution in [2.45, 2.75) is 19.3 Å². The summed E-state index contributed by atoms with van der Waals surface area (Å²) in [4.78, 5) is 15.3. The van der Waals surface area contributed by atoms with E-state index in [1.807, 2.05) is 26.0 Å². The van der Waals surface area contributed by atoms with Gasteiger partial charge in [-0.1, -0.05) is 25.4 Å². The van der Waals surface area contributed by atoms with Gasteiger partial charge < -0.3 is 5.11 Å². The summed E-state index contributed by atoms with van der Waals surface area (Å²) < 4.78 is 0. The predicted molar refractivity (Wildman–Crippen MR) is 68.3 cm³/mol. The highest BCUT2D eigenvalue weighted by Crippen LogP contribution is 2.42. The summed E-state index contributed by atoms with van der Waals surface area (Å²) in [5.74, 6) is 0. The average Bonchev–Trinajstić information content (AvgIpc) is 2.54. The number of allylic oxidation sites excluding steroid dienone is 1. The van der Waals surface area contributed by atoms with E-state index in [4.69, 9.17) is 16.7 Å². The fourth-order valence-corrected chi connectivity index (χ4v) is 2.24. The minimum atomic E-state index is -0.435. The van der Waals surface area contributed by atoms with Crippen LogP contribution in [0.15, 0.2) is 35.0 Å². The molecule has 1 aromatic rings. The van der Waals surface area contributed by atoms with Crippen LogP contribution in [0, 0.1) is 0 Å². The lowest BCUT2D eigenvalue weighted by molar-refractivity contribution is -0.104. The number of rotatable bonds is 2. The van der Waals surface area contributed by atoms with Crippen LogP contribution in [0.25, 0.3) is 0 Å². The number of hydrogen-bond donors (Lipinski definition) is 1. The first kappa shape index (κ1) is 11.9. The van der Waals surface area contributed by atoms with E-state index in [0.717, 1.165) is 17.5 Å². The van der Waals surface area contributed by atoms with Crippen LogP contribution in [0.5, 0.6) is 0 Å². The number of aliphatic hydroxyl groups excluding tert-OH is 1. The average molecular weight is 250 g/mol. The Morgan fingerprint density at radius 2 is 2.18 bits per heavy atom. The minimum Gasteiger partial charge on any atom is -0.515 e. The summed E-state index contributed by atoms with van der Waals surface area (Å²) in [5, 5.41) is 9.69. The van der Waals surface area contributed by atoms with Gasteiger partial charge in [0.2, 0.25) is 0 Å². The molecule has 4 heteroatoms. The number of fused-ring (bicyclic) bond motifs is 1. The molecule has 0 saturated carbocycles. The Balaban J connectivity index is 2.60. The molecule has 0 fully saturated rings. The molecule has 1 N–H and O–H groups in total. The molecule has 88 valence electrons. The molecule has 0 unspecified atom stereocenters. The number of benzene rings is 1. The number of aliphatic imine (C=N–C) groups is 1. The predicted octanol–water partition coefficient (Wildman–Crippen LogP) is 3.34. The third-order valence-corrected chi connectivity index (χ3v) is 3.23. The Morgan fingerprint density at radius 3 is 2.76 bits per heavy atom. The molecule has 1 aliphatic heterocycles. The zero-order chi connectivity index (χ0) is 12.6. The molecule has 0 atom stereocenters. The Labute approximate surface area is 104 Å². The third-order valence-electron chi connectivity index (χ3n) is 3.00. The van der Waals surface area contributed by atoms with Gasteiger partial charge in [-0.05, 0) is 23.8 Å². The molecule has 0 spiro atoms. The molecule has 3 nitrogen and oxygen atoms in total. The summed E-state index contributed by atoms with van der Waals surface area (Å²) in [6.07, 6.45) is 1.40. The van der Waals surface area contributed by atoms with Crippen LogP contribution in [0.3, 0.4) is 0 Å². The second-order valence-electron chi connectivity index (χ2n) is 4.45. The Bertz CT molecular complexity index is 544. The van der Waals surface area contributed by atoms with Crippen molar-refractivity contribution in [1.82, 2.24) is 0 Å². The second kappa shape index (κ2) is 4.00. The van der Waals surface area contributed by atoms with Crippen molar-refractivity contribution in [1.29, 1.82) is 0 Å². The summed E-state index contributed by atoms with van der Waals surface area (Å²) >= 11 is 5.96. The number of carbonyl (C=O) groups excluding carboxylic acids is 1. The molecule has 0 aromatic heterocycles. The van der Waals surface area contributed by atoms with Gasteiger partial charge in [-0.15, -0.1) is 0 Å². The third kappa shape index (κ3) is 1.76. The van der Waals surface area contributed by atoms with E-state index in [-0.39, 0.29) is 5.57 Å². The second-order valence-corrected chi connectivity index (χ2v) is 4.89. The lowest BCUT2D eigenvalue weighted by Crippen LogP contribution is -2.27. The van der Waals surface area contributed by atoms with Gasteiger partial charge in [0, 0.05) is 10.4 Å². The van der Waals surface area contributed by atoms with Crippen molar-refractivity contribution >= 4 is 29.3 Å². The van der Waals surface area contributed by atoms with Crippen LogP contribution in [-0.2, 0) is 10.2 Å². The maximum atomic E-state index is 10.9. The van der Waals surface area contributed by atoms with Crippen LogP contribution < -0.4 is 0 Å². The lowest BCUT2D eigenvalue weighted by Gasteiger charge is -2.21. The first-order valence-corrected chi connectivity index (χ1v) is 5.57. The number of aldehydes is 1. The van der Waals surface area contributed by atoms with Gasteiger partial charge in [-0.2, -0.15) is 0 Å². The van der Waals surface area contributed by atoms with Crippen LogP contribution in [0.1, 0.15) is 19.4 Å². The van der Waals surface area contributed by atoms with E-state index < -0.39 is 5.41 Å². The zero-order valence-electron chi connectivity index (χ0n) is 9.57. The first-order chi connectivity index (χ1) is 8.00. The minimum absolute atomic E-state index is 0.197. The monoisotopic (exact) mass is 249 g/mol. The summed E-state index contributed by atoms with van der Waals surface area (Å²) in [6.45, 7) is 3.89. The van der Waals surface area contributed by atoms with Gasteiger partial charge in [0.15, 0.2) is 6.29 Å².